The maximum atomic E-state index is 11.6. The molecular weight excluding hydrogens is 426 g/mol. The third-order valence-electron chi connectivity index (χ3n) is 5.45. The largest absolute Gasteiger partial charge is 0.481 e. The first kappa shape index (κ1) is 21.7. The molecule has 8 heteroatoms. The highest BCUT2D eigenvalue weighted by Crippen LogP contribution is 2.44. The average Bonchev–Trinajstić information content (AvgIpc) is 3.14. The van der Waals surface area contributed by atoms with Crippen LogP contribution in [0, 0.1) is 10.1 Å². The van der Waals surface area contributed by atoms with E-state index in [1.165, 1.54) is 35.0 Å². The fourth-order valence-corrected chi connectivity index (χ4v) is 5.29. The highest BCUT2D eigenvalue weighted by molar-refractivity contribution is 8.00. The van der Waals surface area contributed by atoms with Crippen molar-refractivity contribution in [3.63, 3.8) is 0 Å². The van der Waals surface area contributed by atoms with Crippen molar-refractivity contribution < 1.29 is 14.8 Å². The molecule has 3 aromatic carbocycles. The number of carboxylic acid groups (broad SMARTS) is 1. The number of aliphatic carboxylic acids is 1. The van der Waals surface area contributed by atoms with Gasteiger partial charge in [-0.3, -0.25) is 14.9 Å². The summed E-state index contributed by atoms with van der Waals surface area (Å²) in [5.74, 6) is -0.100. The lowest BCUT2D eigenvalue weighted by Gasteiger charge is -2.29. The van der Waals surface area contributed by atoms with Crippen LogP contribution < -0.4 is 10.6 Å². The highest BCUT2D eigenvalue weighted by atomic mass is 32.2. The molecule has 3 N–H and O–H groups in total. The van der Waals surface area contributed by atoms with E-state index in [1.807, 2.05) is 36.4 Å². The van der Waals surface area contributed by atoms with Crippen molar-refractivity contribution >= 4 is 34.8 Å². The third-order valence-corrected chi connectivity index (χ3v) is 6.73. The third kappa shape index (κ3) is 4.86. The summed E-state index contributed by atoms with van der Waals surface area (Å²) in [6.07, 6.45) is 0.626. The zero-order valence-electron chi connectivity index (χ0n) is 17.2. The van der Waals surface area contributed by atoms with E-state index in [2.05, 4.69) is 34.9 Å². The van der Waals surface area contributed by atoms with Crippen LogP contribution in [0.3, 0.4) is 0 Å². The Morgan fingerprint density at radius 3 is 2.12 bits per heavy atom. The van der Waals surface area contributed by atoms with Gasteiger partial charge < -0.3 is 15.7 Å². The average molecular weight is 450 g/mol. The normalized spacial score (nSPS) is 16.8. The minimum atomic E-state index is -0.971. The van der Waals surface area contributed by atoms with Gasteiger partial charge in [0.15, 0.2) is 4.99 Å². The van der Waals surface area contributed by atoms with Crippen LogP contribution in [-0.4, -0.2) is 26.7 Å². The Balaban J connectivity index is 1.52. The monoisotopic (exact) mass is 449 g/mol. The lowest BCUT2D eigenvalue weighted by molar-refractivity contribution is -0.384. The molecule has 32 heavy (non-hydrogen) atoms. The summed E-state index contributed by atoms with van der Waals surface area (Å²) in [5.41, 5.74) is 3.57. The number of benzene rings is 3. The standard InChI is InChI=1S/C24H23N3O4S/c28-23(29)16-24(25-21-12-11-19(27(30)31)15-22(21)26-24)32-14-13-20(17-7-3-1-4-8-17)18-9-5-2-6-10-18/h1-12,15,20,25-26H,13-14,16H2,(H,28,29). The van der Waals surface area contributed by atoms with Crippen LogP contribution in [0.25, 0.3) is 0 Å². The zero-order valence-corrected chi connectivity index (χ0v) is 18.0. The molecule has 0 saturated heterocycles. The fourth-order valence-electron chi connectivity index (χ4n) is 4.00. The molecule has 7 nitrogen and oxygen atoms in total. The van der Waals surface area contributed by atoms with Crippen LogP contribution in [0.5, 0.6) is 0 Å². The van der Waals surface area contributed by atoms with Gasteiger partial charge in [0.25, 0.3) is 5.69 Å². The number of nitro groups is 1. The van der Waals surface area contributed by atoms with E-state index in [4.69, 9.17) is 0 Å². The maximum Gasteiger partial charge on any atom is 0.308 e. The molecule has 1 unspecified atom stereocenters. The number of anilines is 2. The van der Waals surface area contributed by atoms with E-state index >= 15 is 0 Å². The van der Waals surface area contributed by atoms with Crippen molar-refractivity contribution in [2.24, 2.45) is 0 Å². The number of rotatable bonds is 9. The molecule has 1 heterocycles. The van der Waals surface area contributed by atoms with Gasteiger partial charge >= 0.3 is 5.97 Å². The highest BCUT2D eigenvalue weighted by Gasteiger charge is 2.39. The van der Waals surface area contributed by atoms with Crippen LogP contribution in [0.15, 0.2) is 78.9 Å². The number of thioether (sulfide) groups is 1. The van der Waals surface area contributed by atoms with Crippen molar-refractivity contribution in [3.05, 3.63) is 100 Å². The number of nitrogens with one attached hydrogen (secondary N) is 2. The summed E-state index contributed by atoms with van der Waals surface area (Å²) in [6.45, 7) is 0. The quantitative estimate of drug-likeness (QED) is 0.292. The van der Waals surface area contributed by atoms with E-state index in [9.17, 15) is 20.0 Å². The topological polar surface area (TPSA) is 104 Å². The summed E-state index contributed by atoms with van der Waals surface area (Å²) in [5, 5.41) is 27.1. The summed E-state index contributed by atoms with van der Waals surface area (Å²) < 4.78 is 0. The number of non-ortho nitro benzene ring substituents is 1. The SMILES string of the molecule is O=C(O)CC1(SCCC(c2ccccc2)c2ccccc2)Nc2ccc([N+](=O)[O-])cc2N1. The molecule has 1 aliphatic heterocycles. The second-order valence-corrected chi connectivity index (χ2v) is 9.04. The minimum absolute atomic E-state index is 0.0394. The van der Waals surface area contributed by atoms with E-state index in [1.54, 1.807) is 6.07 Å². The first-order chi connectivity index (χ1) is 15.5. The second-order valence-electron chi connectivity index (χ2n) is 7.65. The van der Waals surface area contributed by atoms with Gasteiger partial charge in [-0.2, -0.15) is 0 Å². The number of carboxylic acids is 1. The Kier molecular flexibility index (Phi) is 6.32. The van der Waals surface area contributed by atoms with E-state index in [0.29, 0.717) is 17.1 Å². The van der Waals surface area contributed by atoms with Gasteiger partial charge in [0.1, 0.15) is 0 Å². The van der Waals surface area contributed by atoms with E-state index in [0.717, 1.165) is 6.42 Å². The molecule has 0 aromatic heterocycles. The van der Waals surface area contributed by atoms with Gasteiger partial charge in [-0.15, -0.1) is 11.8 Å². The molecule has 0 fully saturated rings. The second kappa shape index (κ2) is 9.32. The number of nitro benzene ring substituents is 1. The van der Waals surface area contributed by atoms with Gasteiger partial charge in [-0.25, -0.2) is 0 Å². The Morgan fingerprint density at radius 2 is 1.56 bits per heavy atom. The molecule has 0 radical (unpaired) electrons. The molecule has 4 rings (SSSR count). The van der Waals surface area contributed by atoms with Crippen molar-refractivity contribution in [1.82, 2.24) is 0 Å². The van der Waals surface area contributed by atoms with Crippen LogP contribution in [0.4, 0.5) is 17.1 Å². The molecule has 3 aromatic rings. The van der Waals surface area contributed by atoms with E-state index in [-0.39, 0.29) is 18.0 Å². The van der Waals surface area contributed by atoms with Gasteiger partial charge in [-0.1, -0.05) is 60.7 Å². The first-order valence-electron chi connectivity index (χ1n) is 10.3. The molecule has 0 aliphatic carbocycles. The molecule has 0 amide bonds. The summed E-state index contributed by atoms with van der Waals surface area (Å²) in [4.78, 5) is 21.3. The molecule has 0 saturated carbocycles. The lowest BCUT2D eigenvalue weighted by atomic mass is 9.89. The van der Waals surface area contributed by atoms with Crippen molar-refractivity contribution in [1.29, 1.82) is 0 Å². The number of hydrogen-bond donors (Lipinski definition) is 3. The van der Waals surface area contributed by atoms with Crippen molar-refractivity contribution in [2.75, 3.05) is 16.4 Å². The predicted octanol–water partition coefficient (Wildman–Crippen LogP) is 5.52. The lowest BCUT2D eigenvalue weighted by Crippen LogP contribution is -2.41. The Morgan fingerprint density at radius 1 is 0.969 bits per heavy atom. The van der Waals surface area contributed by atoms with Crippen molar-refractivity contribution in [2.45, 2.75) is 23.8 Å². The molecule has 1 atom stereocenters. The first-order valence-corrected chi connectivity index (χ1v) is 11.2. The fraction of sp³-hybridized carbons (Fsp3) is 0.208. The molecule has 164 valence electrons. The Labute approximate surface area is 190 Å². The Hall–Kier alpha value is -3.52. The van der Waals surface area contributed by atoms with Gasteiger partial charge in [0.2, 0.25) is 0 Å². The smallest absolute Gasteiger partial charge is 0.308 e. The van der Waals surface area contributed by atoms with Crippen LogP contribution >= 0.6 is 11.8 Å². The van der Waals surface area contributed by atoms with Crippen LogP contribution in [-0.2, 0) is 4.79 Å². The molecule has 0 spiro atoms. The Bertz CT molecular complexity index is 1070. The molecular formula is C24H23N3O4S. The van der Waals surface area contributed by atoms with E-state index < -0.39 is 15.9 Å². The summed E-state index contributed by atoms with van der Waals surface area (Å²) in [6, 6.07) is 25.0. The van der Waals surface area contributed by atoms with Crippen LogP contribution in [0.2, 0.25) is 0 Å². The minimum Gasteiger partial charge on any atom is -0.481 e. The van der Waals surface area contributed by atoms with Gasteiger partial charge in [0.05, 0.1) is 22.7 Å². The zero-order chi connectivity index (χ0) is 22.6. The summed E-state index contributed by atoms with van der Waals surface area (Å²) >= 11 is 1.48. The maximum absolute atomic E-state index is 11.6. The number of fused-ring (bicyclic) bond motifs is 1. The van der Waals surface area contributed by atoms with Crippen molar-refractivity contribution in [3.8, 4) is 0 Å². The van der Waals surface area contributed by atoms with Gasteiger partial charge in [-0.05, 0) is 29.4 Å². The summed E-state index contributed by atoms with van der Waals surface area (Å²) in [7, 11) is 0. The number of carbonyl (C=O) groups is 1. The number of hydrogen-bond acceptors (Lipinski definition) is 6. The molecule has 1 aliphatic rings. The predicted molar refractivity (Wildman–Crippen MR) is 127 cm³/mol. The number of nitrogens with zero attached hydrogens (tertiary/aromatic N) is 1. The van der Waals surface area contributed by atoms with Gasteiger partial charge in [0, 0.05) is 18.1 Å². The molecule has 0 bridgehead atoms. The van der Waals surface area contributed by atoms with Crippen LogP contribution in [0.1, 0.15) is 29.9 Å².